The minimum atomic E-state index is -0.438. The lowest BCUT2D eigenvalue weighted by atomic mass is 10.1. The van der Waals surface area contributed by atoms with Gasteiger partial charge in [0.15, 0.2) is 0 Å². The van der Waals surface area contributed by atoms with E-state index in [1.807, 2.05) is 26.0 Å². The van der Waals surface area contributed by atoms with E-state index >= 15 is 0 Å². The van der Waals surface area contributed by atoms with Gasteiger partial charge in [0.25, 0.3) is 11.8 Å². The van der Waals surface area contributed by atoms with Crippen molar-refractivity contribution in [1.29, 1.82) is 0 Å². The molecule has 0 saturated heterocycles. The standard InChI is InChI=1S/C19H20N2O4S/c1-3-24-15-11-14-9-12(2)25-16(14)10-13(15)6-7-18(22)20-21-19(23)17-5-4-8-26-17/h4-8,10-12H,3,9H2,1-2H3,(H,20,22)(H,21,23)/b7-6+/t12-/m1/s1. The quantitative estimate of drug-likeness (QED) is 0.625. The van der Waals surface area contributed by atoms with E-state index in [0.29, 0.717) is 17.2 Å². The van der Waals surface area contributed by atoms with Gasteiger partial charge < -0.3 is 9.47 Å². The smallest absolute Gasteiger partial charge is 0.279 e. The van der Waals surface area contributed by atoms with Crippen LogP contribution in [-0.4, -0.2) is 24.5 Å². The summed E-state index contributed by atoms with van der Waals surface area (Å²) in [5, 5.41) is 1.79. The summed E-state index contributed by atoms with van der Waals surface area (Å²) >= 11 is 1.30. The lowest BCUT2D eigenvalue weighted by Gasteiger charge is -2.10. The first-order valence-electron chi connectivity index (χ1n) is 8.35. The summed E-state index contributed by atoms with van der Waals surface area (Å²) in [4.78, 5) is 24.3. The summed E-state index contributed by atoms with van der Waals surface area (Å²) in [7, 11) is 0. The van der Waals surface area contributed by atoms with Crippen molar-refractivity contribution in [3.05, 3.63) is 51.7 Å². The van der Waals surface area contributed by atoms with E-state index in [1.54, 1.807) is 23.6 Å². The van der Waals surface area contributed by atoms with Gasteiger partial charge in [-0.25, -0.2) is 0 Å². The van der Waals surface area contributed by atoms with Crippen LogP contribution in [-0.2, 0) is 11.2 Å². The second-order valence-corrected chi connectivity index (χ2v) is 6.77. The fourth-order valence-electron chi connectivity index (χ4n) is 2.66. The van der Waals surface area contributed by atoms with E-state index in [0.717, 1.165) is 23.3 Å². The number of hydrazine groups is 1. The van der Waals surface area contributed by atoms with Crippen LogP contribution in [0.25, 0.3) is 6.08 Å². The van der Waals surface area contributed by atoms with Crippen molar-refractivity contribution in [3.63, 3.8) is 0 Å². The van der Waals surface area contributed by atoms with E-state index in [1.165, 1.54) is 17.4 Å². The summed E-state index contributed by atoms with van der Waals surface area (Å²) < 4.78 is 11.4. The molecule has 2 amide bonds. The summed E-state index contributed by atoms with van der Waals surface area (Å²) in [5.74, 6) is 0.728. The van der Waals surface area contributed by atoms with Crippen LogP contribution in [0.3, 0.4) is 0 Å². The number of fused-ring (bicyclic) bond motifs is 1. The minimum absolute atomic E-state index is 0.134. The molecule has 7 heteroatoms. The first-order valence-corrected chi connectivity index (χ1v) is 9.23. The topological polar surface area (TPSA) is 76.7 Å². The highest BCUT2D eigenvalue weighted by Crippen LogP contribution is 2.35. The maximum Gasteiger partial charge on any atom is 0.279 e. The Kier molecular flexibility index (Phi) is 5.58. The molecule has 0 saturated carbocycles. The molecule has 0 unspecified atom stereocenters. The zero-order valence-electron chi connectivity index (χ0n) is 14.6. The Morgan fingerprint density at radius 2 is 2.23 bits per heavy atom. The molecule has 0 spiro atoms. The van der Waals surface area contributed by atoms with Crippen LogP contribution < -0.4 is 20.3 Å². The molecule has 136 valence electrons. The maximum atomic E-state index is 12.0. The fourth-order valence-corrected chi connectivity index (χ4v) is 3.28. The Morgan fingerprint density at radius 1 is 1.38 bits per heavy atom. The van der Waals surface area contributed by atoms with E-state index in [9.17, 15) is 9.59 Å². The SMILES string of the molecule is CCOc1cc2c(cc1/C=C/C(=O)NNC(=O)c1cccs1)O[C@H](C)C2. The maximum absolute atomic E-state index is 12.0. The highest BCUT2D eigenvalue weighted by atomic mass is 32.1. The van der Waals surface area contributed by atoms with E-state index < -0.39 is 5.91 Å². The van der Waals surface area contributed by atoms with Crippen LogP contribution in [0.5, 0.6) is 11.5 Å². The Bertz CT molecular complexity index is 830. The van der Waals surface area contributed by atoms with Crippen LogP contribution >= 0.6 is 11.3 Å². The van der Waals surface area contributed by atoms with Crippen molar-refractivity contribution in [2.75, 3.05) is 6.61 Å². The molecule has 1 aromatic carbocycles. The van der Waals surface area contributed by atoms with Gasteiger partial charge in [-0.3, -0.25) is 20.4 Å². The van der Waals surface area contributed by atoms with Gasteiger partial charge in [-0.1, -0.05) is 6.07 Å². The van der Waals surface area contributed by atoms with Crippen molar-refractivity contribution in [3.8, 4) is 11.5 Å². The third-order valence-electron chi connectivity index (χ3n) is 3.79. The largest absolute Gasteiger partial charge is 0.493 e. The van der Waals surface area contributed by atoms with Crippen LogP contribution in [0.2, 0.25) is 0 Å². The van der Waals surface area contributed by atoms with Crippen molar-refractivity contribution < 1.29 is 19.1 Å². The van der Waals surface area contributed by atoms with Crippen LogP contribution in [0, 0.1) is 0 Å². The highest BCUT2D eigenvalue weighted by molar-refractivity contribution is 7.12. The summed E-state index contributed by atoms with van der Waals surface area (Å²) in [6.07, 6.45) is 3.96. The van der Waals surface area contributed by atoms with Gasteiger partial charge in [0.2, 0.25) is 0 Å². The first kappa shape index (κ1) is 18.0. The second-order valence-electron chi connectivity index (χ2n) is 5.82. The average molecular weight is 372 g/mol. The Morgan fingerprint density at radius 3 is 2.96 bits per heavy atom. The number of hydrogen-bond donors (Lipinski definition) is 2. The summed E-state index contributed by atoms with van der Waals surface area (Å²) in [5.41, 5.74) is 6.59. The number of thiophene rings is 1. The zero-order valence-corrected chi connectivity index (χ0v) is 15.4. The number of amides is 2. The molecule has 0 radical (unpaired) electrons. The molecule has 6 nitrogen and oxygen atoms in total. The van der Waals surface area contributed by atoms with Gasteiger partial charge in [0, 0.05) is 23.6 Å². The Hall–Kier alpha value is -2.80. The number of ether oxygens (including phenoxy) is 2. The van der Waals surface area contributed by atoms with Crippen LogP contribution in [0.15, 0.2) is 35.7 Å². The number of benzene rings is 1. The van der Waals surface area contributed by atoms with E-state index in [-0.39, 0.29) is 12.0 Å². The summed E-state index contributed by atoms with van der Waals surface area (Å²) in [6, 6.07) is 7.28. The third-order valence-corrected chi connectivity index (χ3v) is 4.66. The molecule has 3 rings (SSSR count). The molecule has 1 atom stereocenters. The molecule has 2 aromatic rings. The van der Waals surface area contributed by atoms with Gasteiger partial charge in [0.1, 0.15) is 17.6 Å². The molecule has 1 aromatic heterocycles. The van der Waals surface area contributed by atoms with Crippen LogP contribution in [0.4, 0.5) is 0 Å². The fraction of sp³-hybridized carbons (Fsp3) is 0.263. The third kappa shape index (κ3) is 4.23. The predicted octanol–water partition coefficient (Wildman–Crippen LogP) is 2.94. The van der Waals surface area contributed by atoms with Crippen molar-refractivity contribution >= 4 is 29.2 Å². The molecule has 2 heterocycles. The van der Waals surface area contributed by atoms with Crippen molar-refractivity contribution in [1.82, 2.24) is 10.9 Å². The molecular formula is C19H20N2O4S. The van der Waals surface area contributed by atoms with E-state index in [2.05, 4.69) is 10.9 Å². The number of carbonyl (C=O) groups is 2. The molecule has 0 aliphatic carbocycles. The molecule has 0 bridgehead atoms. The molecule has 1 aliphatic rings. The zero-order chi connectivity index (χ0) is 18.5. The molecule has 0 fully saturated rings. The first-order chi connectivity index (χ1) is 12.6. The van der Waals surface area contributed by atoms with E-state index in [4.69, 9.17) is 9.47 Å². The number of carbonyl (C=O) groups excluding carboxylic acids is 2. The average Bonchev–Trinajstić information content (AvgIpc) is 3.26. The summed E-state index contributed by atoms with van der Waals surface area (Å²) in [6.45, 7) is 4.45. The van der Waals surface area contributed by atoms with Gasteiger partial charge in [-0.15, -0.1) is 11.3 Å². The number of rotatable bonds is 5. The number of hydrogen-bond acceptors (Lipinski definition) is 5. The van der Waals surface area contributed by atoms with Gasteiger partial charge in [-0.2, -0.15) is 0 Å². The predicted molar refractivity (Wildman–Crippen MR) is 100 cm³/mol. The monoisotopic (exact) mass is 372 g/mol. The molecule has 1 aliphatic heterocycles. The normalized spacial score (nSPS) is 15.4. The lowest BCUT2D eigenvalue weighted by Crippen LogP contribution is -2.40. The van der Waals surface area contributed by atoms with Gasteiger partial charge in [0.05, 0.1) is 11.5 Å². The molecule has 26 heavy (non-hydrogen) atoms. The lowest BCUT2D eigenvalue weighted by molar-refractivity contribution is -0.117. The molecular weight excluding hydrogens is 352 g/mol. The highest BCUT2D eigenvalue weighted by Gasteiger charge is 2.21. The Balaban J connectivity index is 1.66. The van der Waals surface area contributed by atoms with Gasteiger partial charge >= 0.3 is 0 Å². The van der Waals surface area contributed by atoms with Crippen LogP contribution in [0.1, 0.15) is 34.6 Å². The van der Waals surface area contributed by atoms with Crippen molar-refractivity contribution in [2.24, 2.45) is 0 Å². The van der Waals surface area contributed by atoms with Gasteiger partial charge in [-0.05, 0) is 43.5 Å². The second kappa shape index (κ2) is 8.05. The molecule has 2 N–H and O–H groups in total. The minimum Gasteiger partial charge on any atom is -0.493 e. The Labute approximate surface area is 155 Å². The van der Waals surface area contributed by atoms with Crippen molar-refractivity contribution in [2.45, 2.75) is 26.4 Å². The number of nitrogens with one attached hydrogen (secondary N) is 2.